The molecule has 1 aromatic rings. The van der Waals surface area contributed by atoms with Crippen LogP contribution in [-0.4, -0.2) is 34.6 Å². The molecule has 1 aromatic carbocycles. The molecular weight excluding hydrogens is 244 g/mol. The Hall–Kier alpha value is -0.870. The molecule has 18 heavy (non-hydrogen) atoms. The van der Waals surface area contributed by atoms with Gasteiger partial charge < -0.3 is 10.2 Å². The summed E-state index contributed by atoms with van der Waals surface area (Å²) in [6, 6.07) is 6.36. The second kappa shape index (κ2) is 5.41. The SMILES string of the molecule is O=S1CNc2ccc(CCCN3CCCC3)cc21. The molecular formula is C14H20N2OS. The van der Waals surface area contributed by atoms with Crippen molar-refractivity contribution in [1.29, 1.82) is 0 Å². The van der Waals surface area contributed by atoms with Gasteiger partial charge in [-0.3, -0.25) is 4.21 Å². The average molecular weight is 264 g/mol. The molecule has 0 aromatic heterocycles. The van der Waals surface area contributed by atoms with E-state index in [1.807, 2.05) is 0 Å². The van der Waals surface area contributed by atoms with Crippen LogP contribution in [0.25, 0.3) is 0 Å². The summed E-state index contributed by atoms with van der Waals surface area (Å²) in [7, 11) is -0.837. The zero-order valence-corrected chi connectivity index (χ0v) is 11.5. The van der Waals surface area contributed by atoms with Crippen molar-refractivity contribution in [2.45, 2.75) is 30.6 Å². The molecule has 0 bridgehead atoms. The van der Waals surface area contributed by atoms with Crippen molar-refractivity contribution < 1.29 is 4.21 Å². The van der Waals surface area contributed by atoms with Crippen LogP contribution in [0.5, 0.6) is 0 Å². The van der Waals surface area contributed by atoms with Gasteiger partial charge in [-0.25, -0.2) is 0 Å². The van der Waals surface area contributed by atoms with E-state index in [9.17, 15) is 4.21 Å². The first kappa shape index (κ1) is 12.2. The molecule has 98 valence electrons. The molecule has 3 rings (SSSR count). The second-order valence-corrected chi connectivity index (χ2v) is 6.57. The van der Waals surface area contributed by atoms with Gasteiger partial charge in [-0.05, 0) is 63.0 Å². The fraction of sp³-hybridized carbons (Fsp3) is 0.571. The monoisotopic (exact) mass is 264 g/mol. The number of likely N-dealkylation sites (tertiary alicyclic amines) is 1. The van der Waals surface area contributed by atoms with Crippen LogP contribution in [0, 0.1) is 0 Å². The van der Waals surface area contributed by atoms with Crippen LogP contribution >= 0.6 is 0 Å². The van der Waals surface area contributed by atoms with Crippen molar-refractivity contribution in [1.82, 2.24) is 4.90 Å². The summed E-state index contributed by atoms with van der Waals surface area (Å²) >= 11 is 0. The first-order valence-electron chi connectivity index (χ1n) is 6.80. The van der Waals surface area contributed by atoms with Crippen molar-refractivity contribution in [2.75, 3.05) is 30.8 Å². The third-order valence-electron chi connectivity index (χ3n) is 3.82. The average Bonchev–Trinajstić information content (AvgIpc) is 3.01. The molecule has 1 N–H and O–H groups in total. The zero-order valence-electron chi connectivity index (χ0n) is 10.7. The standard InChI is InChI=1S/C14H20N2OS/c17-18-11-15-13-6-5-12(10-14(13)18)4-3-9-16-7-1-2-8-16/h5-6,10,15H,1-4,7-9,11H2. The topological polar surface area (TPSA) is 32.3 Å². The summed E-state index contributed by atoms with van der Waals surface area (Å²) in [5, 5.41) is 3.17. The van der Waals surface area contributed by atoms with Crippen LogP contribution in [0.1, 0.15) is 24.8 Å². The lowest BCUT2D eigenvalue weighted by molar-refractivity contribution is 0.334. The Labute approximate surface area is 111 Å². The predicted molar refractivity (Wildman–Crippen MR) is 75.3 cm³/mol. The quantitative estimate of drug-likeness (QED) is 0.905. The molecule has 3 nitrogen and oxygen atoms in total. The van der Waals surface area contributed by atoms with E-state index in [2.05, 4.69) is 28.4 Å². The second-order valence-electron chi connectivity index (χ2n) is 5.15. The summed E-state index contributed by atoms with van der Waals surface area (Å²) in [4.78, 5) is 3.54. The summed E-state index contributed by atoms with van der Waals surface area (Å²) in [6.45, 7) is 3.76. The lowest BCUT2D eigenvalue weighted by Crippen LogP contribution is -2.20. The van der Waals surface area contributed by atoms with Crippen LogP contribution in [0.4, 0.5) is 5.69 Å². The molecule has 4 heteroatoms. The number of nitrogens with one attached hydrogen (secondary N) is 1. The van der Waals surface area contributed by atoms with E-state index in [-0.39, 0.29) is 0 Å². The summed E-state index contributed by atoms with van der Waals surface area (Å²) in [5.41, 5.74) is 2.38. The largest absolute Gasteiger partial charge is 0.372 e. The molecule has 2 heterocycles. The third-order valence-corrected chi connectivity index (χ3v) is 5.06. The molecule has 1 atom stereocenters. The summed E-state index contributed by atoms with van der Waals surface area (Å²) in [6.07, 6.45) is 5.03. The van der Waals surface area contributed by atoms with Crippen molar-refractivity contribution in [3.63, 3.8) is 0 Å². The zero-order chi connectivity index (χ0) is 12.4. The van der Waals surface area contributed by atoms with Gasteiger partial charge in [-0.1, -0.05) is 6.07 Å². The Morgan fingerprint density at radius 3 is 2.94 bits per heavy atom. The molecule has 2 aliphatic rings. The number of rotatable bonds is 4. The lowest BCUT2D eigenvalue weighted by atomic mass is 10.1. The number of fused-ring (bicyclic) bond motifs is 1. The molecule has 1 unspecified atom stereocenters. The Morgan fingerprint density at radius 2 is 2.11 bits per heavy atom. The Bertz CT molecular complexity index is 455. The highest BCUT2D eigenvalue weighted by Crippen LogP contribution is 2.27. The van der Waals surface area contributed by atoms with Crippen LogP contribution < -0.4 is 5.32 Å². The highest BCUT2D eigenvalue weighted by molar-refractivity contribution is 7.85. The first-order valence-corrected chi connectivity index (χ1v) is 8.12. The van der Waals surface area contributed by atoms with Crippen molar-refractivity contribution in [3.8, 4) is 0 Å². The smallest absolute Gasteiger partial charge is 0.0959 e. The fourth-order valence-electron chi connectivity index (χ4n) is 2.79. The van der Waals surface area contributed by atoms with E-state index in [1.165, 1.54) is 44.5 Å². The Balaban J connectivity index is 1.56. The molecule has 1 fully saturated rings. The van der Waals surface area contributed by atoms with E-state index in [4.69, 9.17) is 0 Å². The number of aryl methyl sites for hydroxylation is 1. The maximum Gasteiger partial charge on any atom is 0.0959 e. The first-order chi connectivity index (χ1) is 8.83. The van der Waals surface area contributed by atoms with E-state index < -0.39 is 10.8 Å². The van der Waals surface area contributed by atoms with Gasteiger partial charge in [-0.15, -0.1) is 0 Å². The Kier molecular flexibility index (Phi) is 3.66. The summed E-state index contributed by atoms with van der Waals surface area (Å²) in [5.74, 6) is 0.576. The molecule has 2 aliphatic heterocycles. The maximum atomic E-state index is 11.7. The Morgan fingerprint density at radius 1 is 1.28 bits per heavy atom. The minimum atomic E-state index is -0.837. The van der Waals surface area contributed by atoms with E-state index in [0.717, 1.165) is 17.0 Å². The van der Waals surface area contributed by atoms with Gasteiger partial charge in [0.15, 0.2) is 0 Å². The predicted octanol–water partition coefficient (Wildman–Crippen LogP) is 2.21. The van der Waals surface area contributed by atoms with E-state index in [0.29, 0.717) is 5.88 Å². The number of hydrogen-bond acceptors (Lipinski definition) is 3. The van der Waals surface area contributed by atoms with E-state index in [1.54, 1.807) is 0 Å². The van der Waals surface area contributed by atoms with Gasteiger partial charge in [0.1, 0.15) is 0 Å². The fourth-order valence-corrected chi connectivity index (χ4v) is 3.90. The minimum absolute atomic E-state index is 0.576. The van der Waals surface area contributed by atoms with Crippen molar-refractivity contribution >= 4 is 16.5 Å². The minimum Gasteiger partial charge on any atom is -0.372 e. The van der Waals surface area contributed by atoms with Crippen molar-refractivity contribution in [2.24, 2.45) is 0 Å². The number of anilines is 1. The third kappa shape index (κ3) is 2.59. The number of nitrogens with zero attached hydrogens (tertiary/aromatic N) is 1. The van der Waals surface area contributed by atoms with Gasteiger partial charge >= 0.3 is 0 Å². The summed E-state index contributed by atoms with van der Waals surface area (Å²) < 4.78 is 11.7. The highest BCUT2D eigenvalue weighted by atomic mass is 32.2. The molecule has 0 radical (unpaired) electrons. The molecule has 1 saturated heterocycles. The van der Waals surface area contributed by atoms with Gasteiger partial charge in [0, 0.05) is 0 Å². The number of benzene rings is 1. The molecule has 0 spiro atoms. The van der Waals surface area contributed by atoms with Gasteiger partial charge in [0.2, 0.25) is 0 Å². The van der Waals surface area contributed by atoms with Crippen LogP contribution in [0.2, 0.25) is 0 Å². The van der Waals surface area contributed by atoms with Crippen LogP contribution in [0.15, 0.2) is 23.1 Å². The van der Waals surface area contributed by atoms with E-state index >= 15 is 0 Å². The normalized spacial score (nSPS) is 23.0. The van der Waals surface area contributed by atoms with Crippen molar-refractivity contribution in [3.05, 3.63) is 23.8 Å². The van der Waals surface area contributed by atoms with Crippen LogP contribution in [-0.2, 0) is 17.2 Å². The molecule has 0 saturated carbocycles. The highest BCUT2D eigenvalue weighted by Gasteiger charge is 2.17. The molecule has 0 aliphatic carbocycles. The van der Waals surface area contributed by atoms with Crippen LogP contribution in [0.3, 0.4) is 0 Å². The lowest BCUT2D eigenvalue weighted by Gasteiger charge is -2.14. The maximum absolute atomic E-state index is 11.7. The van der Waals surface area contributed by atoms with Gasteiger partial charge in [0.05, 0.1) is 27.3 Å². The van der Waals surface area contributed by atoms with Gasteiger partial charge in [-0.2, -0.15) is 0 Å². The number of hydrogen-bond donors (Lipinski definition) is 1. The van der Waals surface area contributed by atoms with Gasteiger partial charge in [0.25, 0.3) is 0 Å². The molecule has 0 amide bonds.